The third-order valence-electron chi connectivity index (χ3n) is 2.78. The van der Waals surface area contributed by atoms with Gasteiger partial charge in [0, 0.05) is 11.8 Å². The highest BCUT2D eigenvalue weighted by Gasteiger charge is 2.06. The smallest absolute Gasteiger partial charge is 0.335 e. The molecule has 0 aliphatic carbocycles. The summed E-state index contributed by atoms with van der Waals surface area (Å²) in [6.45, 7) is 0. The van der Waals surface area contributed by atoms with Crippen LogP contribution in [0.1, 0.15) is 10.4 Å². The minimum Gasteiger partial charge on any atom is -0.478 e. The number of halogens is 1. The molecule has 0 atom stereocenters. The summed E-state index contributed by atoms with van der Waals surface area (Å²) in [5.41, 5.74) is 2.70. The number of hydrogen-bond acceptors (Lipinski definition) is 3. The van der Waals surface area contributed by atoms with Crippen molar-refractivity contribution in [2.75, 3.05) is 0 Å². The quantitative estimate of drug-likeness (QED) is 0.710. The molecule has 0 saturated carbocycles. The molecular weight excluding hydrogens is 357 g/mol. The van der Waals surface area contributed by atoms with Gasteiger partial charge in [0.25, 0.3) is 0 Å². The lowest BCUT2D eigenvalue weighted by Crippen LogP contribution is -1.96. The molecule has 3 aromatic rings. The monoisotopic (exact) mass is 365 g/mol. The molecule has 2 aromatic heterocycles. The second-order valence-corrected chi connectivity index (χ2v) is 5.07. The number of aromatic carboxylic acids is 1. The topological polar surface area (TPSA) is 67.5 Å². The Kier molecular flexibility index (Phi) is 2.94. The number of hydrogen-bond donors (Lipinski definition) is 1. The summed E-state index contributed by atoms with van der Waals surface area (Å²) in [7, 11) is 0. The number of carboxylic acids is 1. The molecule has 5 nitrogen and oxygen atoms in total. The minimum atomic E-state index is -0.931. The van der Waals surface area contributed by atoms with Crippen LogP contribution in [0.3, 0.4) is 0 Å². The molecule has 0 aliphatic heterocycles. The molecule has 0 aliphatic rings. The van der Waals surface area contributed by atoms with E-state index in [-0.39, 0.29) is 5.56 Å². The van der Waals surface area contributed by atoms with Crippen LogP contribution in [-0.2, 0) is 0 Å². The van der Waals surface area contributed by atoms with Crippen molar-refractivity contribution in [3.63, 3.8) is 0 Å². The number of rotatable bonds is 2. The van der Waals surface area contributed by atoms with E-state index in [1.54, 1.807) is 36.7 Å². The van der Waals surface area contributed by atoms with Gasteiger partial charge in [-0.3, -0.25) is 9.38 Å². The Balaban J connectivity index is 2.08. The minimum absolute atomic E-state index is 0.266. The van der Waals surface area contributed by atoms with Crippen LogP contribution in [0.5, 0.6) is 0 Å². The molecule has 2 heterocycles. The molecule has 0 saturated heterocycles. The van der Waals surface area contributed by atoms with Gasteiger partial charge < -0.3 is 5.11 Å². The lowest BCUT2D eigenvalue weighted by molar-refractivity contribution is 0.0697. The first-order chi connectivity index (χ1) is 9.15. The van der Waals surface area contributed by atoms with E-state index in [0.717, 1.165) is 20.6 Å². The van der Waals surface area contributed by atoms with Crippen LogP contribution in [0.25, 0.3) is 16.9 Å². The van der Waals surface area contributed by atoms with Gasteiger partial charge in [-0.2, -0.15) is 0 Å². The van der Waals surface area contributed by atoms with Crippen molar-refractivity contribution < 1.29 is 9.90 Å². The summed E-state index contributed by atoms with van der Waals surface area (Å²) in [5.74, 6) is -0.931. The fourth-order valence-corrected chi connectivity index (χ4v) is 2.32. The van der Waals surface area contributed by atoms with Crippen LogP contribution >= 0.6 is 22.6 Å². The van der Waals surface area contributed by atoms with E-state index in [2.05, 4.69) is 32.6 Å². The first kappa shape index (κ1) is 12.1. The van der Waals surface area contributed by atoms with E-state index in [0.29, 0.717) is 0 Å². The van der Waals surface area contributed by atoms with Gasteiger partial charge in [-0.05, 0) is 34.7 Å². The number of imidazole rings is 1. The zero-order chi connectivity index (χ0) is 13.4. The van der Waals surface area contributed by atoms with Crippen LogP contribution in [0.2, 0.25) is 0 Å². The lowest BCUT2D eigenvalue weighted by atomic mass is 10.1. The summed E-state index contributed by atoms with van der Waals surface area (Å²) in [6, 6.07) is 6.65. The summed E-state index contributed by atoms with van der Waals surface area (Å²) >= 11 is 2.20. The maximum atomic E-state index is 10.8. The summed E-state index contributed by atoms with van der Waals surface area (Å²) in [4.78, 5) is 19.3. The second kappa shape index (κ2) is 4.61. The van der Waals surface area contributed by atoms with Crippen molar-refractivity contribution >= 4 is 34.2 Å². The van der Waals surface area contributed by atoms with E-state index in [4.69, 9.17) is 5.11 Å². The summed E-state index contributed by atoms with van der Waals surface area (Å²) in [5, 5.41) is 8.87. The molecule has 0 spiro atoms. The highest BCUT2D eigenvalue weighted by atomic mass is 127. The Morgan fingerprint density at radius 1 is 1.16 bits per heavy atom. The summed E-state index contributed by atoms with van der Waals surface area (Å²) in [6.07, 6.45) is 5.36. The molecule has 19 heavy (non-hydrogen) atoms. The van der Waals surface area contributed by atoms with Crippen LogP contribution in [0.4, 0.5) is 0 Å². The number of nitrogens with zero attached hydrogens (tertiary/aromatic N) is 3. The van der Waals surface area contributed by atoms with Gasteiger partial charge >= 0.3 is 5.97 Å². The third-order valence-corrected chi connectivity index (χ3v) is 3.58. The lowest BCUT2D eigenvalue weighted by Gasteiger charge is -2.03. The fraction of sp³-hybridized carbons (Fsp3) is 0. The average Bonchev–Trinajstić information content (AvgIpc) is 2.80. The Bertz CT molecular complexity index is 765. The van der Waals surface area contributed by atoms with Gasteiger partial charge in [0.2, 0.25) is 0 Å². The van der Waals surface area contributed by atoms with Crippen molar-refractivity contribution in [3.05, 3.63) is 52.1 Å². The maximum absolute atomic E-state index is 10.8. The van der Waals surface area contributed by atoms with Crippen molar-refractivity contribution in [1.82, 2.24) is 14.4 Å². The zero-order valence-corrected chi connectivity index (χ0v) is 11.8. The van der Waals surface area contributed by atoms with Gasteiger partial charge in [-0.15, -0.1) is 0 Å². The maximum Gasteiger partial charge on any atom is 0.335 e. The fourth-order valence-electron chi connectivity index (χ4n) is 1.79. The predicted octanol–water partition coefficient (Wildman–Crippen LogP) is 2.70. The first-order valence-electron chi connectivity index (χ1n) is 5.47. The number of carbonyl (C=O) groups is 1. The molecule has 0 unspecified atom stereocenters. The number of fused-ring (bicyclic) bond motifs is 1. The van der Waals surface area contributed by atoms with Gasteiger partial charge in [0.1, 0.15) is 3.70 Å². The molecule has 0 amide bonds. The van der Waals surface area contributed by atoms with Gasteiger partial charge in [-0.25, -0.2) is 9.78 Å². The van der Waals surface area contributed by atoms with E-state index >= 15 is 0 Å². The van der Waals surface area contributed by atoms with Crippen LogP contribution in [-0.4, -0.2) is 25.4 Å². The van der Waals surface area contributed by atoms with Gasteiger partial charge in [0.15, 0.2) is 5.65 Å². The molecule has 6 heteroatoms. The van der Waals surface area contributed by atoms with E-state index in [9.17, 15) is 4.79 Å². The van der Waals surface area contributed by atoms with Gasteiger partial charge in [0.05, 0.1) is 23.7 Å². The van der Waals surface area contributed by atoms with Crippen molar-refractivity contribution in [3.8, 4) is 11.3 Å². The Labute approximate surface area is 122 Å². The standard InChI is InChI=1S/C13H8IN3O2/c14-11-5-16-12-6-15-10(7-17(11)12)8-1-3-9(4-2-8)13(18)19/h1-7H,(H,18,19). The van der Waals surface area contributed by atoms with E-state index in [1.165, 1.54) is 0 Å². The number of aromatic nitrogens is 3. The molecule has 3 rings (SSSR count). The molecule has 0 bridgehead atoms. The largest absolute Gasteiger partial charge is 0.478 e. The molecule has 1 aromatic carbocycles. The van der Waals surface area contributed by atoms with Gasteiger partial charge in [-0.1, -0.05) is 12.1 Å². The van der Waals surface area contributed by atoms with Crippen LogP contribution < -0.4 is 0 Å². The average molecular weight is 365 g/mol. The third kappa shape index (κ3) is 2.19. The number of carboxylic acid groups (broad SMARTS) is 1. The molecule has 94 valence electrons. The Morgan fingerprint density at radius 2 is 1.89 bits per heavy atom. The highest BCUT2D eigenvalue weighted by Crippen LogP contribution is 2.19. The Morgan fingerprint density at radius 3 is 2.58 bits per heavy atom. The van der Waals surface area contributed by atoms with Crippen LogP contribution in [0, 0.1) is 3.70 Å². The molecule has 0 radical (unpaired) electrons. The zero-order valence-electron chi connectivity index (χ0n) is 9.62. The highest BCUT2D eigenvalue weighted by molar-refractivity contribution is 14.1. The van der Waals surface area contributed by atoms with Crippen molar-refractivity contribution in [2.45, 2.75) is 0 Å². The molecule has 1 N–H and O–H groups in total. The second-order valence-electron chi connectivity index (χ2n) is 3.96. The normalized spacial score (nSPS) is 10.8. The van der Waals surface area contributed by atoms with E-state index in [1.807, 2.05) is 10.6 Å². The number of benzene rings is 1. The van der Waals surface area contributed by atoms with Crippen molar-refractivity contribution in [2.24, 2.45) is 0 Å². The van der Waals surface area contributed by atoms with Crippen molar-refractivity contribution in [1.29, 1.82) is 0 Å². The molecular formula is C13H8IN3O2. The SMILES string of the molecule is O=C(O)c1ccc(-c2cn3c(I)cnc3cn2)cc1. The summed E-state index contributed by atoms with van der Waals surface area (Å²) < 4.78 is 2.94. The van der Waals surface area contributed by atoms with Crippen LogP contribution in [0.15, 0.2) is 42.9 Å². The predicted molar refractivity (Wildman–Crippen MR) is 78.1 cm³/mol. The first-order valence-corrected chi connectivity index (χ1v) is 6.55. The van der Waals surface area contributed by atoms with E-state index < -0.39 is 5.97 Å². The Hall–Kier alpha value is -1.96. The molecule has 0 fully saturated rings.